The van der Waals surface area contributed by atoms with Gasteiger partial charge in [0.05, 0.1) is 5.69 Å². The number of aromatic nitrogens is 4. The van der Waals surface area contributed by atoms with E-state index in [-0.39, 0.29) is 23.8 Å². The molecule has 0 spiro atoms. The van der Waals surface area contributed by atoms with Gasteiger partial charge in [-0.1, -0.05) is 6.07 Å². The van der Waals surface area contributed by atoms with Gasteiger partial charge in [-0.25, -0.2) is 8.91 Å². The van der Waals surface area contributed by atoms with Crippen LogP contribution in [-0.2, 0) is 6.54 Å². The third-order valence-corrected chi connectivity index (χ3v) is 4.28. The number of fused-ring (bicyclic) bond motifs is 1. The van der Waals surface area contributed by atoms with Crippen LogP contribution in [0.3, 0.4) is 0 Å². The zero-order valence-corrected chi connectivity index (χ0v) is 14.7. The first-order chi connectivity index (χ1) is 13.6. The Morgan fingerprint density at radius 3 is 2.68 bits per heavy atom. The van der Waals surface area contributed by atoms with Crippen molar-refractivity contribution in [2.24, 2.45) is 0 Å². The Morgan fingerprint density at radius 1 is 1.11 bits per heavy atom. The van der Waals surface area contributed by atoms with Gasteiger partial charge in [0, 0.05) is 37.2 Å². The summed E-state index contributed by atoms with van der Waals surface area (Å²) in [7, 11) is 0. The summed E-state index contributed by atoms with van der Waals surface area (Å²) in [5.41, 5.74) is 1.80. The van der Waals surface area contributed by atoms with E-state index in [1.807, 2.05) is 0 Å². The molecule has 1 amide bonds. The Kier molecular flexibility index (Phi) is 4.67. The molecule has 3 heterocycles. The second kappa shape index (κ2) is 7.43. The highest BCUT2D eigenvalue weighted by Gasteiger charge is 2.10. The lowest BCUT2D eigenvalue weighted by molar-refractivity contribution is 0.0947. The van der Waals surface area contributed by atoms with E-state index in [2.05, 4.69) is 15.4 Å². The van der Waals surface area contributed by atoms with Gasteiger partial charge in [0.2, 0.25) is 0 Å². The van der Waals surface area contributed by atoms with Crippen molar-refractivity contribution in [3.8, 4) is 11.3 Å². The van der Waals surface area contributed by atoms with Gasteiger partial charge in [-0.15, -0.1) is 0 Å². The van der Waals surface area contributed by atoms with Gasteiger partial charge in [-0.05, 0) is 42.5 Å². The predicted octanol–water partition coefficient (Wildman–Crippen LogP) is 2.13. The maximum Gasteiger partial charge on any atom is 0.276 e. The predicted molar refractivity (Wildman–Crippen MR) is 101 cm³/mol. The fourth-order valence-corrected chi connectivity index (χ4v) is 2.84. The third kappa shape index (κ3) is 3.52. The Bertz CT molecular complexity index is 1180. The molecule has 140 valence electrons. The van der Waals surface area contributed by atoms with E-state index in [4.69, 9.17) is 0 Å². The summed E-state index contributed by atoms with van der Waals surface area (Å²) in [6.45, 7) is 0.593. The van der Waals surface area contributed by atoms with Gasteiger partial charge in [-0.3, -0.25) is 14.6 Å². The first-order valence-corrected chi connectivity index (χ1v) is 8.66. The second-order valence-corrected chi connectivity index (χ2v) is 6.13. The first kappa shape index (κ1) is 17.6. The summed E-state index contributed by atoms with van der Waals surface area (Å²) in [4.78, 5) is 28.7. The number of carbonyl (C=O) groups excluding carboxylic acids is 1. The van der Waals surface area contributed by atoms with Crippen molar-refractivity contribution in [2.45, 2.75) is 6.54 Å². The molecule has 0 saturated heterocycles. The van der Waals surface area contributed by atoms with Crippen LogP contribution in [0.5, 0.6) is 0 Å². The number of carbonyl (C=O) groups is 1. The summed E-state index contributed by atoms with van der Waals surface area (Å²) in [6.07, 6.45) is 4.83. The van der Waals surface area contributed by atoms with Crippen LogP contribution in [0.25, 0.3) is 16.8 Å². The molecular formula is C20H16FN5O2. The van der Waals surface area contributed by atoms with Gasteiger partial charge in [0.15, 0.2) is 0 Å². The molecule has 3 aromatic heterocycles. The molecule has 1 aromatic carbocycles. The van der Waals surface area contributed by atoms with Crippen LogP contribution in [0.15, 0.2) is 71.9 Å². The molecule has 28 heavy (non-hydrogen) atoms. The lowest BCUT2D eigenvalue weighted by atomic mass is 10.1. The average Bonchev–Trinajstić information content (AvgIpc) is 3.16. The topological polar surface area (TPSA) is 81.3 Å². The Morgan fingerprint density at radius 2 is 1.93 bits per heavy atom. The van der Waals surface area contributed by atoms with Crippen molar-refractivity contribution in [3.63, 3.8) is 0 Å². The zero-order chi connectivity index (χ0) is 19.5. The lowest BCUT2D eigenvalue weighted by Gasteiger charge is -2.07. The molecule has 0 fully saturated rings. The van der Waals surface area contributed by atoms with E-state index in [1.54, 1.807) is 55.0 Å². The molecule has 0 radical (unpaired) electrons. The standard InChI is InChI=1S/C20H16FN5O2/c21-15-6-4-14(5-7-15)17-13-18-20(28)25(11-12-26(18)24-17)10-9-23-19(27)16-3-1-2-8-22-16/h1-8,11-13H,9-10H2,(H,23,27). The van der Waals surface area contributed by atoms with Crippen LogP contribution in [0.4, 0.5) is 4.39 Å². The summed E-state index contributed by atoms with van der Waals surface area (Å²) in [6, 6.07) is 12.7. The number of nitrogens with one attached hydrogen (secondary N) is 1. The number of halogens is 1. The summed E-state index contributed by atoms with van der Waals surface area (Å²) >= 11 is 0. The third-order valence-electron chi connectivity index (χ3n) is 4.28. The van der Waals surface area contributed by atoms with Crippen LogP contribution in [0.1, 0.15) is 10.5 Å². The van der Waals surface area contributed by atoms with Crippen molar-refractivity contribution in [1.82, 2.24) is 24.5 Å². The molecule has 0 unspecified atom stereocenters. The Labute approximate surface area is 159 Å². The van der Waals surface area contributed by atoms with Crippen molar-refractivity contribution in [1.29, 1.82) is 0 Å². The SMILES string of the molecule is O=C(NCCn1ccn2nc(-c3ccc(F)cc3)cc2c1=O)c1ccccn1. The Hall–Kier alpha value is -3.81. The maximum atomic E-state index is 13.1. The van der Waals surface area contributed by atoms with E-state index >= 15 is 0 Å². The number of benzene rings is 1. The molecule has 0 bridgehead atoms. The quantitative estimate of drug-likeness (QED) is 0.578. The zero-order valence-electron chi connectivity index (χ0n) is 14.7. The molecule has 4 aromatic rings. The van der Waals surface area contributed by atoms with Gasteiger partial charge in [0.25, 0.3) is 11.5 Å². The van der Waals surface area contributed by atoms with Gasteiger partial charge in [-0.2, -0.15) is 5.10 Å². The van der Waals surface area contributed by atoms with Gasteiger partial charge >= 0.3 is 0 Å². The number of hydrogen-bond donors (Lipinski definition) is 1. The van der Waals surface area contributed by atoms with E-state index in [1.165, 1.54) is 21.2 Å². The summed E-state index contributed by atoms with van der Waals surface area (Å²) in [5, 5.41) is 7.11. The van der Waals surface area contributed by atoms with E-state index in [9.17, 15) is 14.0 Å². The molecule has 7 nitrogen and oxygen atoms in total. The van der Waals surface area contributed by atoms with Crippen molar-refractivity contribution >= 4 is 11.4 Å². The van der Waals surface area contributed by atoms with Gasteiger partial charge in [0.1, 0.15) is 17.0 Å². The molecular weight excluding hydrogens is 361 g/mol. The van der Waals surface area contributed by atoms with Crippen molar-refractivity contribution in [3.05, 3.63) is 89.0 Å². The minimum Gasteiger partial charge on any atom is -0.349 e. The molecule has 0 aliphatic rings. The fraction of sp³-hybridized carbons (Fsp3) is 0.100. The monoisotopic (exact) mass is 377 g/mol. The fourth-order valence-electron chi connectivity index (χ4n) is 2.84. The number of rotatable bonds is 5. The van der Waals surface area contributed by atoms with Crippen LogP contribution in [-0.4, -0.2) is 31.6 Å². The number of pyridine rings is 1. The highest BCUT2D eigenvalue weighted by molar-refractivity contribution is 5.92. The van der Waals surface area contributed by atoms with E-state index in [0.717, 1.165) is 5.56 Å². The average molecular weight is 377 g/mol. The normalized spacial score (nSPS) is 10.9. The van der Waals surface area contributed by atoms with Crippen molar-refractivity contribution < 1.29 is 9.18 Å². The van der Waals surface area contributed by atoms with Crippen LogP contribution >= 0.6 is 0 Å². The molecule has 0 atom stereocenters. The molecule has 1 N–H and O–H groups in total. The molecule has 4 rings (SSSR count). The van der Waals surface area contributed by atoms with E-state index in [0.29, 0.717) is 23.4 Å². The minimum atomic E-state index is -0.331. The molecule has 0 aliphatic heterocycles. The van der Waals surface area contributed by atoms with Crippen molar-refractivity contribution in [2.75, 3.05) is 6.54 Å². The molecule has 0 aliphatic carbocycles. The minimum absolute atomic E-state index is 0.226. The maximum absolute atomic E-state index is 13.1. The first-order valence-electron chi connectivity index (χ1n) is 8.66. The van der Waals surface area contributed by atoms with Gasteiger partial charge < -0.3 is 9.88 Å². The number of amides is 1. The summed E-state index contributed by atoms with van der Waals surface area (Å²) < 4.78 is 16.1. The second-order valence-electron chi connectivity index (χ2n) is 6.13. The largest absolute Gasteiger partial charge is 0.349 e. The smallest absolute Gasteiger partial charge is 0.276 e. The highest BCUT2D eigenvalue weighted by atomic mass is 19.1. The van der Waals surface area contributed by atoms with Crippen LogP contribution in [0, 0.1) is 5.82 Å². The summed E-state index contributed by atoms with van der Waals surface area (Å²) in [5.74, 6) is -0.625. The molecule has 8 heteroatoms. The highest BCUT2D eigenvalue weighted by Crippen LogP contribution is 2.18. The van der Waals surface area contributed by atoms with Crippen LogP contribution in [0.2, 0.25) is 0 Å². The van der Waals surface area contributed by atoms with E-state index < -0.39 is 0 Å². The molecule has 0 saturated carbocycles. The Balaban J connectivity index is 1.51. The lowest BCUT2D eigenvalue weighted by Crippen LogP contribution is -2.31. The number of hydrogen-bond acceptors (Lipinski definition) is 4. The number of nitrogens with zero attached hydrogens (tertiary/aromatic N) is 4. The van der Waals surface area contributed by atoms with Crippen LogP contribution < -0.4 is 10.9 Å².